The van der Waals surface area contributed by atoms with Crippen LogP contribution in [0.3, 0.4) is 0 Å². The average molecular weight is 350 g/mol. The summed E-state index contributed by atoms with van der Waals surface area (Å²) in [6.45, 7) is 5.72. The molecule has 1 aromatic carbocycles. The monoisotopic (exact) mass is 350 g/mol. The van der Waals surface area contributed by atoms with E-state index >= 15 is 0 Å². The van der Waals surface area contributed by atoms with Gasteiger partial charge < -0.3 is 10.0 Å². The first kappa shape index (κ1) is 17.0. The van der Waals surface area contributed by atoms with Crippen LogP contribution in [0.25, 0.3) is 10.9 Å². The van der Waals surface area contributed by atoms with Gasteiger partial charge in [-0.25, -0.2) is 0 Å². The van der Waals surface area contributed by atoms with E-state index < -0.39 is 5.60 Å². The second-order valence-electron chi connectivity index (χ2n) is 6.71. The van der Waals surface area contributed by atoms with E-state index in [9.17, 15) is 15.2 Å². The number of aliphatic hydroxyl groups is 1. The first-order chi connectivity index (χ1) is 11.3. The number of aromatic nitrogens is 2. The van der Waals surface area contributed by atoms with Crippen molar-refractivity contribution in [2.24, 2.45) is 0 Å². The number of nitro benzene ring substituents is 1. The number of hydrogen-bond acceptors (Lipinski definition) is 6. The van der Waals surface area contributed by atoms with Gasteiger partial charge in [-0.1, -0.05) is 0 Å². The molecule has 0 bridgehead atoms. The Morgan fingerprint density at radius 2 is 2.08 bits per heavy atom. The molecule has 0 radical (unpaired) electrons. The summed E-state index contributed by atoms with van der Waals surface area (Å²) in [5, 5.41) is 26.6. The SMILES string of the molecule is CC(C)(O)CCn1cc2cc([N+](=O)[O-])c(N3CCSCC3)cc2n1. The van der Waals surface area contributed by atoms with E-state index in [0.717, 1.165) is 35.5 Å². The minimum Gasteiger partial charge on any atom is -0.390 e. The summed E-state index contributed by atoms with van der Waals surface area (Å²) in [6.07, 6.45) is 2.38. The first-order valence-corrected chi connectivity index (χ1v) is 9.20. The molecular weight excluding hydrogens is 328 g/mol. The van der Waals surface area contributed by atoms with Crippen molar-refractivity contribution in [1.29, 1.82) is 0 Å². The number of rotatable bonds is 5. The van der Waals surface area contributed by atoms with E-state index in [2.05, 4.69) is 10.00 Å². The van der Waals surface area contributed by atoms with Crippen molar-refractivity contribution in [1.82, 2.24) is 9.78 Å². The number of nitrogens with zero attached hydrogens (tertiary/aromatic N) is 4. The molecule has 1 N–H and O–H groups in total. The summed E-state index contributed by atoms with van der Waals surface area (Å²) in [5.41, 5.74) is 0.780. The van der Waals surface area contributed by atoms with Crippen molar-refractivity contribution >= 4 is 34.0 Å². The lowest BCUT2D eigenvalue weighted by atomic mass is 10.1. The molecule has 1 saturated heterocycles. The normalized spacial score (nSPS) is 15.9. The molecule has 7 nitrogen and oxygen atoms in total. The molecule has 1 fully saturated rings. The zero-order chi connectivity index (χ0) is 17.3. The molecule has 3 rings (SSSR count). The van der Waals surface area contributed by atoms with Crippen molar-refractivity contribution in [2.75, 3.05) is 29.5 Å². The Bertz CT molecular complexity index is 748. The second kappa shape index (κ2) is 6.60. The molecular formula is C16H22N4O3S. The predicted octanol–water partition coefficient (Wildman–Crippen LogP) is 2.66. The Morgan fingerprint density at radius 1 is 1.38 bits per heavy atom. The van der Waals surface area contributed by atoms with Gasteiger partial charge in [0.2, 0.25) is 0 Å². The zero-order valence-electron chi connectivity index (χ0n) is 13.9. The third-order valence-corrected chi connectivity index (χ3v) is 5.09. The fraction of sp³-hybridized carbons (Fsp3) is 0.562. The van der Waals surface area contributed by atoms with E-state index in [-0.39, 0.29) is 10.6 Å². The summed E-state index contributed by atoms with van der Waals surface area (Å²) in [6, 6.07) is 3.43. The molecule has 1 aliphatic heterocycles. The lowest BCUT2D eigenvalue weighted by Gasteiger charge is -2.28. The Kier molecular flexibility index (Phi) is 4.69. The highest BCUT2D eigenvalue weighted by Gasteiger charge is 2.23. The van der Waals surface area contributed by atoms with Gasteiger partial charge in [0.1, 0.15) is 5.69 Å². The lowest BCUT2D eigenvalue weighted by molar-refractivity contribution is -0.384. The Balaban J connectivity index is 1.95. The molecule has 1 aliphatic rings. The van der Waals surface area contributed by atoms with Gasteiger partial charge in [-0.05, 0) is 26.3 Å². The molecule has 0 saturated carbocycles. The van der Waals surface area contributed by atoms with Crippen LogP contribution in [-0.4, -0.2) is 50.0 Å². The van der Waals surface area contributed by atoms with Crippen LogP contribution in [0.5, 0.6) is 0 Å². The molecule has 0 aliphatic carbocycles. The number of thioether (sulfide) groups is 1. The number of nitro groups is 1. The van der Waals surface area contributed by atoms with E-state index in [0.29, 0.717) is 18.7 Å². The molecule has 0 amide bonds. The fourth-order valence-corrected chi connectivity index (χ4v) is 3.71. The molecule has 1 aromatic heterocycles. The van der Waals surface area contributed by atoms with Crippen LogP contribution in [-0.2, 0) is 6.54 Å². The molecule has 130 valence electrons. The minimum atomic E-state index is -0.763. The Labute approximate surface area is 144 Å². The predicted molar refractivity (Wildman–Crippen MR) is 96.8 cm³/mol. The van der Waals surface area contributed by atoms with Crippen molar-refractivity contribution in [3.63, 3.8) is 0 Å². The van der Waals surface area contributed by atoms with E-state index in [4.69, 9.17) is 0 Å². The van der Waals surface area contributed by atoms with Crippen molar-refractivity contribution in [3.05, 3.63) is 28.4 Å². The number of aryl methyl sites for hydroxylation is 1. The summed E-state index contributed by atoms with van der Waals surface area (Å²) in [5.74, 6) is 1.96. The highest BCUT2D eigenvalue weighted by Crippen LogP contribution is 2.34. The minimum absolute atomic E-state index is 0.136. The van der Waals surface area contributed by atoms with Crippen LogP contribution in [0, 0.1) is 10.1 Å². The van der Waals surface area contributed by atoms with Gasteiger partial charge in [-0.3, -0.25) is 14.8 Å². The van der Waals surface area contributed by atoms with Gasteiger partial charge in [-0.15, -0.1) is 0 Å². The van der Waals surface area contributed by atoms with Crippen molar-refractivity contribution in [3.8, 4) is 0 Å². The van der Waals surface area contributed by atoms with Crippen LogP contribution >= 0.6 is 11.8 Å². The third kappa shape index (κ3) is 3.81. The van der Waals surface area contributed by atoms with E-state index in [1.54, 1.807) is 24.6 Å². The maximum absolute atomic E-state index is 11.5. The Hall–Kier alpha value is -1.80. The van der Waals surface area contributed by atoms with Crippen molar-refractivity contribution in [2.45, 2.75) is 32.4 Å². The van der Waals surface area contributed by atoms with Crippen LogP contribution in [0.2, 0.25) is 0 Å². The fourth-order valence-electron chi connectivity index (χ4n) is 2.81. The van der Waals surface area contributed by atoms with Crippen LogP contribution in [0.1, 0.15) is 20.3 Å². The molecule has 24 heavy (non-hydrogen) atoms. The number of benzene rings is 1. The average Bonchev–Trinajstić information content (AvgIpc) is 2.94. The second-order valence-corrected chi connectivity index (χ2v) is 7.94. The van der Waals surface area contributed by atoms with Crippen LogP contribution < -0.4 is 4.90 Å². The maximum atomic E-state index is 11.5. The molecule has 8 heteroatoms. The van der Waals surface area contributed by atoms with Gasteiger partial charge in [0, 0.05) is 48.8 Å². The maximum Gasteiger partial charge on any atom is 0.293 e. The quantitative estimate of drug-likeness (QED) is 0.659. The highest BCUT2D eigenvalue weighted by atomic mass is 32.2. The summed E-state index contributed by atoms with van der Waals surface area (Å²) in [7, 11) is 0. The standard InChI is InChI=1S/C16H22N4O3S/c1-16(2,21)3-4-19-11-12-9-15(20(22)23)14(10-13(12)17-19)18-5-7-24-8-6-18/h9-11,21H,3-8H2,1-2H3. The first-order valence-electron chi connectivity index (χ1n) is 8.04. The Morgan fingerprint density at radius 3 is 2.71 bits per heavy atom. The zero-order valence-corrected chi connectivity index (χ0v) is 14.8. The highest BCUT2D eigenvalue weighted by molar-refractivity contribution is 7.99. The van der Waals surface area contributed by atoms with Gasteiger partial charge in [0.15, 0.2) is 0 Å². The molecule has 0 atom stereocenters. The van der Waals surface area contributed by atoms with Gasteiger partial charge in [-0.2, -0.15) is 16.9 Å². The summed E-state index contributed by atoms with van der Waals surface area (Å²) in [4.78, 5) is 13.2. The number of hydrogen-bond donors (Lipinski definition) is 1. The van der Waals surface area contributed by atoms with Crippen LogP contribution in [0.15, 0.2) is 18.3 Å². The van der Waals surface area contributed by atoms with E-state index in [1.165, 1.54) is 0 Å². The molecule has 0 spiro atoms. The summed E-state index contributed by atoms with van der Waals surface area (Å²) >= 11 is 1.87. The lowest BCUT2D eigenvalue weighted by Crippen LogP contribution is -2.32. The van der Waals surface area contributed by atoms with Crippen LogP contribution in [0.4, 0.5) is 11.4 Å². The smallest absolute Gasteiger partial charge is 0.293 e. The molecule has 0 unspecified atom stereocenters. The largest absolute Gasteiger partial charge is 0.390 e. The van der Waals surface area contributed by atoms with Gasteiger partial charge in [0.05, 0.1) is 16.0 Å². The van der Waals surface area contributed by atoms with E-state index in [1.807, 2.05) is 24.0 Å². The summed E-state index contributed by atoms with van der Waals surface area (Å²) < 4.78 is 1.75. The van der Waals surface area contributed by atoms with Gasteiger partial charge in [0.25, 0.3) is 5.69 Å². The molecule has 2 aromatic rings. The van der Waals surface area contributed by atoms with Crippen molar-refractivity contribution < 1.29 is 10.0 Å². The third-order valence-electron chi connectivity index (χ3n) is 4.15. The number of fused-ring (bicyclic) bond motifs is 1. The topological polar surface area (TPSA) is 84.4 Å². The molecule has 2 heterocycles. The van der Waals surface area contributed by atoms with Gasteiger partial charge >= 0.3 is 0 Å². The number of anilines is 1.